The largest absolute Gasteiger partial charge is 0.366 e. The fourth-order valence-electron chi connectivity index (χ4n) is 2.83. The summed E-state index contributed by atoms with van der Waals surface area (Å²) >= 11 is 0. The minimum absolute atomic E-state index is 0.159. The van der Waals surface area contributed by atoms with Gasteiger partial charge in [-0.25, -0.2) is 9.37 Å². The third-order valence-corrected chi connectivity index (χ3v) is 4.28. The van der Waals surface area contributed by atoms with Crippen LogP contribution in [-0.2, 0) is 0 Å². The fraction of sp³-hybridized carbons (Fsp3) is 0.353. The van der Waals surface area contributed by atoms with E-state index >= 15 is 0 Å². The molecule has 1 saturated carbocycles. The molecule has 7 nitrogen and oxygen atoms in total. The van der Waals surface area contributed by atoms with Crippen LogP contribution in [0.4, 0.5) is 21.8 Å². The van der Waals surface area contributed by atoms with Gasteiger partial charge >= 0.3 is 0 Å². The Morgan fingerprint density at radius 3 is 2.48 bits per heavy atom. The first-order valence-electron chi connectivity index (χ1n) is 8.23. The normalized spacial score (nSPS) is 20.1. The zero-order valence-corrected chi connectivity index (χ0v) is 13.7. The fourth-order valence-corrected chi connectivity index (χ4v) is 2.83. The summed E-state index contributed by atoms with van der Waals surface area (Å²) in [6.45, 7) is 0. The number of primary amides is 1. The van der Waals surface area contributed by atoms with E-state index in [1.807, 2.05) is 0 Å². The van der Waals surface area contributed by atoms with Crippen LogP contribution in [0.2, 0.25) is 0 Å². The summed E-state index contributed by atoms with van der Waals surface area (Å²) < 4.78 is 14.0. The van der Waals surface area contributed by atoms with E-state index in [2.05, 4.69) is 20.6 Å². The molecule has 1 aliphatic carbocycles. The molecule has 1 aliphatic rings. The lowest BCUT2D eigenvalue weighted by atomic mass is 9.92. The number of carbonyl (C=O) groups excluding carboxylic acids is 1. The lowest BCUT2D eigenvalue weighted by Crippen LogP contribution is -2.33. The minimum atomic E-state index is -0.497. The Morgan fingerprint density at radius 1 is 1.16 bits per heavy atom. The standard InChI is InChI=1S/C17H21FN6O/c18-14-9-21-17(23-13-5-1-10(2-6-13)15(20)25)24-16(14)22-12-7-3-11(19)4-8-12/h1-2,5-6,9,11-12H,3-4,7-8,19H2,(H2,20,25)(H2,21,22,23,24)/t11-,12+. The number of halogens is 1. The molecule has 0 aliphatic heterocycles. The number of nitrogens with zero attached hydrogens (tertiary/aromatic N) is 2. The molecule has 0 atom stereocenters. The van der Waals surface area contributed by atoms with E-state index in [0.29, 0.717) is 11.3 Å². The molecule has 1 aromatic carbocycles. The minimum Gasteiger partial charge on any atom is -0.366 e. The zero-order valence-electron chi connectivity index (χ0n) is 13.7. The maximum absolute atomic E-state index is 14.0. The molecule has 6 N–H and O–H groups in total. The molecule has 0 bridgehead atoms. The SMILES string of the molecule is NC(=O)c1ccc(Nc2ncc(F)c(N[C@H]3CC[C@@H](N)CC3)n2)cc1. The van der Waals surface area contributed by atoms with Gasteiger partial charge in [0, 0.05) is 23.3 Å². The highest BCUT2D eigenvalue weighted by molar-refractivity contribution is 5.93. The molecular weight excluding hydrogens is 323 g/mol. The predicted molar refractivity (Wildman–Crippen MR) is 94.1 cm³/mol. The van der Waals surface area contributed by atoms with E-state index in [1.165, 1.54) is 0 Å². The Morgan fingerprint density at radius 2 is 1.84 bits per heavy atom. The third kappa shape index (κ3) is 4.42. The Balaban J connectivity index is 1.69. The number of benzene rings is 1. The van der Waals surface area contributed by atoms with E-state index in [9.17, 15) is 9.18 Å². The maximum atomic E-state index is 14.0. The summed E-state index contributed by atoms with van der Waals surface area (Å²) in [7, 11) is 0. The Labute approximate surface area is 145 Å². The lowest BCUT2D eigenvalue weighted by molar-refractivity contribution is 0.100. The topological polar surface area (TPSA) is 119 Å². The van der Waals surface area contributed by atoms with Crippen molar-refractivity contribution in [2.24, 2.45) is 11.5 Å². The average Bonchev–Trinajstić information content (AvgIpc) is 2.60. The number of amides is 1. The summed E-state index contributed by atoms with van der Waals surface area (Å²) in [6.07, 6.45) is 4.75. The number of nitrogens with two attached hydrogens (primary N) is 2. The first kappa shape index (κ1) is 17.1. The van der Waals surface area contributed by atoms with Crippen LogP contribution >= 0.6 is 0 Å². The first-order valence-corrected chi connectivity index (χ1v) is 8.23. The van der Waals surface area contributed by atoms with Gasteiger partial charge < -0.3 is 22.1 Å². The van der Waals surface area contributed by atoms with Crippen molar-refractivity contribution in [3.63, 3.8) is 0 Å². The van der Waals surface area contributed by atoms with Crippen LogP contribution in [0.1, 0.15) is 36.0 Å². The van der Waals surface area contributed by atoms with Gasteiger partial charge in [0.05, 0.1) is 6.20 Å². The number of nitrogens with one attached hydrogen (secondary N) is 2. The quantitative estimate of drug-likeness (QED) is 0.660. The van der Waals surface area contributed by atoms with Crippen molar-refractivity contribution in [3.8, 4) is 0 Å². The summed E-state index contributed by atoms with van der Waals surface area (Å²) in [5.74, 6) is -0.553. The molecule has 1 heterocycles. The Kier molecular flexibility index (Phi) is 5.08. The van der Waals surface area contributed by atoms with Gasteiger partial charge in [0.1, 0.15) is 0 Å². The van der Waals surface area contributed by atoms with Crippen molar-refractivity contribution in [1.82, 2.24) is 9.97 Å². The number of hydrogen-bond donors (Lipinski definition) is 4. The molecule has 0 spiro atoms. The van der Waals surface area contributed by atoms with Gasteiger partial charge in [0.2, 0.25) is 11.9 Å². The molecule has 132 valence electrons. The van der Waals surface area contributed by atoms with Gasteiger partial charge in [-0.3, -0.25) is 4.79 Å². The Hall–Kier alpha value is -2.74. The molecule has 0 unspecified atom stereocenters. The van der Waals surface area contributed by atoms with E-state index in [1.54, 1.807) is 24.3 Å². The molecule has 0 saturated heterocycles. The lowest BCUT2D eigenvalue weighted by Gasteiger charge is -2.27. The predicted octanol–water partition coefficient (Wildman–Crippen LogP) is 2.14. The summed E-state index contributed by atoms with van der Waals surface area (Å²) in [5, 5.41) is 6.12. The molecule has 2 aromatic rings. The monoisotopic (exact) mass is 344 g/mol. The van der Waals surface area contributed by atoms with Gasteiger partial charge in [0.25, 0.3) is 0 Å². The van der Waals surface area contributed by atoms with Crippen LogP contribution in [0, 0.1) is 5.82 Å². The van der Waals surface area contributed by atoms with Crippen LogP contribution in [0.15, 0.2) is 30.5 Å². The molecule has 1 amide bonds. The highest BCUT2D eigenvalue weighted by Crippen LogP contribution is 2.23. The van der Waals surface area contributed by atoms with Gasteiger partial charge in [-0.1, -0.05) is 0 Å². The Bertz CT molecular complexity index is 743. The van der Waals surface area contributed by atoms with Gasteiger partial charge in [-0.05, 0) is 49.9 Å². The van der Waals surface area contributed by atoms with Crippen molar-refractivity contribution in [2.45, 2.75) is 37.8 Å². The summed E-state index contributed by atoms with van der Waals surface area (Å²) in [5.41, 5.74) is 12.2. The highest BCUT2D eigenvalue weighted by Gasteiger charge is 2.20. The second-order valence-corrected chi connectivity index (χ2v) is 6.21. The molecular formula is C17H21FN6O. The third-order valence-electron chi connectivity index (χ3n) is 4.28. The van der Waals surface area contributed by atoms with E-state index in [-0.39, 0.29) is 23.8 Å². The van der Waals surface area contributed by atoms with Crippen molar-refractivity contribution in [1.29, 1.82) is 0 Å². The van der Waals surface area contributed by atoms with Crippen LogP contribution in [0.3, 0.4) is 0 Å². The molecule has 3 rings (SSSR count). The second-order valence-electron chi connectivity index (χ2n) is 6.21. The van der Waals surface area contributed by atoms with Gasteiger partial charge in [-0.2, -0.15) is 4.98 Å². The number of rotatable bonds is 5. The van der Waals surface area contributed by atoms with Crippen LogP contribution in [0.5, 0.6) is 0 Å². The van der Waals surface area contributed by atoms with Crippen molar-refractivity contribution in [3.05, 3.63) is 41.8 Å². The number of carbonyl (C=O) groups is 1. The zero-order chi connectivity index (χ0) is 17.8. The smallest absolute Gasteiger partial charge is 0.248 e. The van der Waals surface area contributed by atoms with Gasteiger partial charge in [-0.15, -0.1) is 0 Å². The highest BCUT2D eigenvalue weighted by atomic mass is 19.1. The van der Waals surface area contributed by atoms with E-state index < -0.39 is 11.7 Å². The van der Waals surface area contributed by atoms with Crippen molar-refractivity contribution < 1.29 is 9.18 Å². The van der Waals surface area contributed by atoms with Gasteiger partial charge in [0.15, 0.2) is 11.6 Å². The average molecular weight is 344 g/mol. The van der Waals surface area contributed by atoms with Crippen LogP contribution < -0.4 is 22.1 Å². The maximum Gasteiger partial charge on any atom is 0.248 e. The number of anilines is 3. The molecule has 25 heavy (non-hydrogen) atoms. The van der Waals surface area contributed by atoms with Crippen molar-refractivity contribution >= 4 is 23.4 Å². The molecule has 8 heteroatoms. The van der Waals surface area contributed by atoms with Crippen LogP contribution in [-0.4, -0.2) is 28.0 Å². The van der Waals surface area contributed by atoms with E-state index in [4.69, 9.17) is 11.5 Å². The number of hydrogen-bond acceptors (Lipinski definition) is 6. The molecule has 1 aromatic heterocycles. The van der Waals surface area contributed by atoms with Crippen LogP contribution in [0.25, 0.3) is 0 Å². The van der Waals surface area contributed by atoms with E-state index in [0.717, 1.165) is 31.9 Å². The molecule has 0 radical (unpaired) electrons. The first-order chi connectivity index (χ1) is 12.0. The molecule has 1 fully saturated rings. The number of aromatic nitrogens is 2. The summed E-state index contributed by atoms with van der Waals surface area (Å²) in [4.78, 5) is 19.2. The second kappa shape index (κ2) is 7.43. The van der Waals surface area contributed by atoms with Crippen molar-refractivity contribution in [2.75, 3.05) is 10.6 Å². The summed E-state index contributed by atoms with van der Waals surface area (Å²) in [6, 6.07) is 6.95.